The van der Waals surface area contributed by atoms with Crippen LogP contribution in [-0.4, -0.2) is 31.7 Å². The van der Waals surface area contributed by atoms with Crippen LogP contribution < -0.4 is 10.6 Å². The molecule has 0 unspecified atom stereocenters. The number of nitrogens with zero attached hydrogens (tertiary/aromatic N) is 1. The molecule has 15 heavy (non-hydrogen) atoms. The lowest BCUT2D eigenvalue weighted by Gasteiger charge is -2.07. The maximum atomic E-state index is 11.7. The summed E-state index contributed by atoms with van der Waals surface area (Å²) >= 11 is 0. The van der Waals surface area contributed by atoms with E-state index in [9.17, 15) is 18.0 Å². The highest BCUT2D eigenvalue weighted by Crippen LogP contribution is 2.17. The van der Waals surface area contributed by atoms with Gasteiger partial charge in [0, 0.05) is 13.1 Å². The van der Waals surface area contributed by atoms with E-state index in [4.69, 9.17) is 5.26 Å². The topological polar surface area (TPSA) is 64.9 Å². The number of nitriles is 1. The van der Waals surface area contributed by atoms with Crippen molar-refractivity contribution in [2.75, 3.05) is 19.6 Å². The molecule has 0 bridgehead atoms. The van der Waals surface area contributed by atoms with Crippen molar-refractivity contribution >= 4 is 5.91 Å². The molecule has 2 N–H and O–H groups in total. The Balaban J connectivity index is 3.36. The van der Waals surface area contributed by atoms with Crippen molar-refractivity contribution in [2.24, 2.45) is 0 Å². The number of hydrogen-bond acceptors (Lipinski definition) is 3. The molecule has 0 radical (unpaired) electrons. The van der Waals surface area contributed by atoms with Gasteiger partial charge >= 0.3 is 6.18 Å². The maximum absolute atomic E-state index is 11.7. The molecule has 0 aromatic rings. The van der Waals surface area contributed by atoms with Crippen molar-refractivity contribution in [3.8, 4) is 6.07 Å². The summed E-state index contributed by atoms with van der Waals surface area (Å²) < 4.78 is 35.0. The van der Waals surface area contributed by atoms with Crippen LogP contribution in [0.4, 0.5) is 13.2 Å². The minimum Gasteiger partial charge on any atom is -0.354 e. The van der Waals surface area contributed by atoms with Gasteiger partial charge < -0.3 is 10.6 Å². The van der Waals surface area contributed by atoms with Gasteiger partial charge in [0.2, 0.25) is 5.91 Å². The second-order valence-corrected chi connectivity index (χ2v) is 2.80. The molecule has 0 aromatic carbocycles. The molecule has 0 spiro atoms. The molecular formula is C8H12F3N3O. The van der Waals surface area contributed by atoms with Crippen molar-refractivity contribution in [3.05, 3.63) is 0 Å². The lowest BCUT2D eigenvalue weighted by molar-refractivity contribution is -0.134. The third kappa shape index (κ3) is 10.6. The van der Waals surface area contributed by atoms with Gasteiger partial charge in [-0.05, 0) is 0 Å². The Bertz CT molecular complexity index is 234. The number of hydrogen-bond donors (Lipinski definition) is 2. The molecule has 0 aliphatic carbocycles. The number of rotatable bonds is 6. The van der Waals surface area contributed by atoms with Gasteiger partial charge in [-0.2, -0.15) is 18.4 Å². The van der Waals surface area contributed by atoms with Crippen LogP contribution in [0.25, 0.3) is 0 Å². The van der Waals surface area contributed by atoms with Gasteiger partial charge in [-0.3, -0.25) is 4.79 Å². The predicted molar refractivity (Wildman–Crippen MR) is 46.8 cm³/mol. The van der Waals surface area contributed by atoms with E-state index in [1.165, 1.54) is 0 Å². The van der Waals surface area contributed by atoms with E-state index in [1.54, 1.807) is 0 Å². The number of amides is 1. The molecule has 7 heteroatoms. The molecule has 0 saturated carbocycles. The highest BCUT2D eigenvalue weighted by atomic mass is 19.4. The second kappa shape index (κ2) is 7.06. The van der Waals surface area contributed by atoms with Gasteiger partial charge in [0.25, 0.3) is 0 Å². The zero-order chi connectivity index (χ0) is 11.7. The summed E-state index contributed by atoms with van der Waals surface area (Å²) in [5.41, 5.74) is 0. The third-order valence-corrected chi connectivity index (χ3v) is 1.43. The van der Waals surface area contributed by atoms with Gasteiger partial charge in [0.05, 0.1) is 25.5 Å². The van der Waals surface area contributed by atoms with Gasteiger partial charge in [-0.1, -0.05) is 0 Å². The molecule has 0 aliphatic heterocycles. The zero-order valence-corrected chi connectivity index (χ0v) is 8.02. The van der Waals surface area contributed by atoms with E-state index in [-0.39, 0.29) is 26.1 Å². The second-order valence-electron chi connectivity index (χ2n) is 2.80. The monoisotopic (exact) mass is 223 g/mol. The van der Waals surface area contributed by atoms with E-state index in [1.807, 2.05) is 6.07 Å². The Kier molecular flexibility index (Phi) is 6.45. The Hall–Kier alpha value is -1.29. The van der Waals surface area contributed by atoms with Crippen molar-refractivity contribution in [2.45, 2.75) is 19.0 Å². The van der Waals surface area contributed by atoms with Crippen LogP contribution >= 0.6 is 0 Å². The van der Waals surface area contributed by atoms with Crippen LogP contribution in [0, 0.1) is 11.3 Å². The summed E-state index contributed by atoms with van der Waals surface area (Å²) in [5.74, 6) is -0.410. The predicted octanol–water partition coefficient (Wildman–Crippen LogP) is 0.558. The van der Waals surface area contributed by atoms with Gasteiger partial charge in [-0.15, -0.1) is 0 Å². The van der Waals surface area contributed by atoms with Crippen LogP contribution in [-0.2, 0) is 4.79 Å². The van der Waals surface area contributed by atoms with Gasteiger partial charge in [0.15, 0.2) is 0 Å². The quantitative estimate of drug-likeness (QED) is 0.646. The maximum Gasteiger partial charge on any atom is 0.390 e. The summed E-state index contributed by atoms with van der Waals surface area (Å²) in [6.07, 6.45) is -4.98. The summed E-state index contributed by atoms with van der Waals surface area (Å²) in [5, 5.41) is 12.9. The molecule has 1 amide bonds. The standard InChI is InChI=1S/C8H12F3N3O/c9-8(10,11)2-5-13-6-7(15)14-4-1-3-12/h13H,1-2,4-6H2,(H,14,15). The molecule has 0 atom stereocenters. The largest absolute Gasteiger partial charge is 0.390 e. The van der Waals surface area contributed by atoms with Gasteiger partial charge in [-0.25, -0.2) is 0 Å². The lowest BCUT2D eigenvalue weighted by atomic mass is 10.4. The first-order valence-corrected chi connectivity index (χ1v) is 4.37. The molecule has 0 fully saturated rings. The fraction of sp³-hybridized carbons (Fsp3) is 0.750. The summed E-state index contributed by atoms with van der Waals surface area (Å²) in [6, 6.07) is 1.83. The van der Waals surface area contributed by atoms with E-state index in [0.717, 1.165) is 0 Å². The van der Waals surface area contributed by atoms with Crippen LogP contribution in [0.1, 0.15) is 12.8 Å². The van der Waals surface area contributed by atoms with Crippen LogP contribution in [0.15, 0.2) is 0 Å². The summed E-state index contributed by atoms with van der Waals surface area (Å²) in [7, 11) is 0. The molecule has 0 aromatic heterocycles. The fourth-order valence-electron chi connectivity index (χ4n) is 0.752. The van der Waals surface area contributed by atoms with Crippen molar-refractivity contribution in [3.63, 3.8) is 0 Å². The highest BCUT2D eigenvalue weighted by Gasteiger charge is 2.25. The number of alkyl halides is 3. The van der Waals surface area contributed by atoms with Crippen LogP contribution in [0.5, 0.6) is 0 Å². The fourth-order valence-corrected chi connectivity index (χ4v) is 0.752. The molecule has 0 rings (SSSR count). The number of carbonyl (C=O) groups excluding carboxylic acids is 1. The van der Waals surface area contributed by atoms with E-state index < -0.39 is 18.5 Å². The smallest absolute Gasteiger partial charge is 0.354 e. The van der Waals surface area contributed by atoms with E-state index in [0.29, 0.717) is 0 Å². The molecule has 0 saturated heterocycles. The number of nitrogens with one attached hydrogen (secondary N) is 2. The number of carbonyl (C=O) groups is 1. The van der Waals surface area contributed by atoms with Crippen LogP contribution in [0.2, 0.25) is 0 Å². The van der Waals surface area contributed by atoms with Crippen molar-refractivity contribution in [1.29, 1.82) is 5.26 Å². The first kappa shape index (κ1) is 13.7. The minimum absolute atomic E-state index is 0.165. The Morgan fingerprint density at radius 1 is 1.33 bits per heavy atom. The van der Waals surface area contributed by atoms with Crippen molar-refractivity contribution < 1.29 is 18.0 Å². The average Bonchev–Trinajstić information content (AvgIpc) is 2.11. The van der Waals surface area contributed by atoms with E-state index in [2.05, 4.69) is 10.6 Å². The zero-order valence-electron chi connectivity index (χ0n) is 8.02. The molecule has 0 aliphatic rings. The third-order valence-electron chi connectivity index (χ3n) is 1.43. The summed E-state index contributed by atoms with van der Waals surface area (Å²) in [6.45, 7) is -0.229. The van der Waals surface area contributed by atoms with E-state index >= 15 is 0 Å². The SMILES string of the molecule is N#CCCNC(=O)CNCCC(F)(F)F. The highest BCUT2D eigenvalue weighted by molar-refractivity contribution is 5.77. The molecule has 4 nitrogen and oxygen atoms in total. The van der Waals surface area contributed by atoms with Crippen LogP contribution in [0.3, 0.4) is 0 Å². The Morgan fingerprint density at radius 2 is 2.00 bits per heavy atom. The minimum atomic E-state index is -4.20. The number of halogens is 3. The summed E-state index contributed by atoms with van der Waals surface area (Å²) in [4.78, 5) is 10.9. The lowest BCUT2D eigenvalue weighted by Crippen LogP contribution is -2.35. The molecule has 0 heterocycles. The molecular weight excluding hydrogens is 211 g/mol. The Morgan fingerprint density at radius 3 is 2.53 bits per heavy atom. The molecule has 86 valence electrons. The first-order valence-electron chi connectivity index (χ1n) is 4.37. The van der Waals surface area contributed by atoms with Crippen molar-refractivity contribution in [1.82, 2.24) is 10.6 Å². The first-order chi connectivity index (χ1) is 6.95. The Labute approximate surface area is 85.4 Å². The normalized spacial score (nSPS) is 10.8. The van der Waals surface area contributed by atoms with Gasteiger partial charge in [0.1, 0.15) is 0 Å². The average molecular weight is 223 g/mol.